The van der Waals surface area contributed by atoms with Gasteiger partial charge in [0.2, 0.25) is 0 Å². The molecule has 0 radical (unpaired) electrons. The van der Waals surface area contributed by atoms with Crippen molar-refractivity contribution in [2.45, 2.75) is 19.6 Å². The monoisotopic (exact) mass is 342 g/mol. The van der Waals surface area contributed by atoms with Gasteiger partial charge in [-0.05, 0) is 25.1 Å². The van der Waals surface area contributed by atoms with Gasteiger partial charge in [-0.15, -0.1) is 0 Å². The summed E-state index contributed by atoms with van der Waals surface area (Å²) in [6, 6.07) is 4.60. The van der Waals surface area contributed by atoms with Gasteiger partial charge in [0.15, 0.2) is 5.69 Å². The summed E-state index contributed by atoms with van der Waals surface area (Å²) in [6.07, 6.45) is -3.54. The molecule has 0 saturated carbocycles. The summed E-state index contributed by atoms with van der Waals surface area (Å²) in [5.74, 6) is -1.05. The van der Waals surface area contributed by atoms with E-state index in [0.717, 1.165) is 23.0 Å². The van der Waals surface area contributed by atoms with Crippen LogP contribution in [0.3, 0.4) is 0 Å². The Hall–Kier alpha value is -3.04. The summed E-state index contributed by atoms with van der Waals surface area (Å²) in [5.41, 5.74) is 1.59. The third-order valence-electron chi connectivity index (χ3n) is 2.96. The smallest absolute Gasteiger partial charge is 0.435 e. The first-order valence-corrected chi connectivity index (χ1v) is 6.63. The molecule has 1 aromatic heterocycles. The van der Waals surface area contributed by atoms with E-state index in [2.05, 4.69) is 15.6 Å². The molecule has 0 unspecified atom stereocenters. The highest BCUT2D eigenvalue weighted by atomic mass is 19.4. The average Bonchev–Trinajstić information content (AvgIpc) is 2.93. The number of alkyl halides is 3. The molecule has 1 heterocycles. The number of benzene rings is 1. The molecule has 0 aliphatic heterocycles. The Kier molecular flexibility index (Phi) is 4.77. The molecular formula is C14H13F3N4O3. The maximum absolute atomic E-state index is 12.4. The molecule has 1 amide bonds. The number of carbonyl (C=O) groups excluding carboxylic acids is 1. The van der Waals surface area contributed by atoms with Gasteiger partial charge in [-0.3, -0.25) is 9.48 Å². The number of nitrogens with one attached hydrogen (secondary N) is 1. The van der Waals surface area contributed by atoms with E-state index in [9.17, 15) is 28.2 Å². The molecule has 0 aliphatic carbocycles. The summed E-state index contributed by atoms with van der Waals surface area (Å²) in [6.45, 7) is 1.05. The van der Waals surface area contributed by atoms with Gasteiger partial charge in [0.1, 0.15) is 18.0 Å². The zero-order valence-corrected chi connectivity index (χ0v) is 12.4. The lowest BCUT2D eigenvalue weighted by Gasteiger charge is -2.06. The first-order valence-electron chi connectivity index (χ1n) is 6.63. The quantitative estimate of drug-likeness (QED) is 0.583. The van der Waals surface area contributed by atoms with Crippen LogP contribution < -0.4 is 5.43 Å². The molecule has 2 rings (SSSR count). The molecule has 0 fully saturated rings. The number of nitrogens with zero attached hydrogens (tertiary/aromatic N) is 3. The zero-order valence-electron chi connectivity index (χ0n) is 12.4. The van der Waals surface area contributed by atoms with Crippen LogP contribution in [0.25, 0.3) is 0 Å². The third kappa shape index (κ3) is 4.24. The van der Waals surface area contributed by atoms with Crippen molar-refractivity contribution in [3.8, 4) is 11.5 Å². The highest BCUT2D eigenvalue weighted by Gasteiger charge is 2.33. The largest absolute Gasteiger partial charge is 0.508 e. The molecule has 24 heavy (non-hydrogen) atoms. The fourth-order valence-corrected chi connectivity index (χ4v) is 1.82. The van der Waals surface area contributed by atoms with Gasteiger partial charge in [-0.25, -0.2) is 5.43 Å². The fraction of sp³-hybridized carbons (Fsp3) is 0.214. The van der Waals surface area contributed by atoms with Gasteiger partial charge in [0, 0.05) is 17.8 Å². The Bertz CT molecular complexity index is 784. The number of phenolic OH excluding ortho intramolecular Hbond substituents is 2. The molecule has 1 aromatic carbocycles. The van der Waals surface area contributed by atoms with Crippen LogP contribution in [0, 0.1) is 0 Å². The van der Waals surface area contributed by atoms with E-state index in [1.807, 2.05) is 0 Å². The van der Waals surface area contributed by atoms with Crippen molar-refractivity contribution in [2.24, 2.45) is 5.10 Å². The normalized spacial score (nSPS) is 12.2. The Morgan fingerprint density at radius 3 is 2.62 bits per heavy atom. The molecule has 0 bridgehead atoms. The highest BCUT2D eigenvalue weighted by Crippen LogP contribution is 2.27. The van der Waals surface area contributed by atoms with Crippen LogP contribution in [0.1, 0.15) is 18.2 Å². The number of aromatic hydroxyl groups is 2. The van der Waals surface area contributed by atoms with Crippen LogP contribution >= 0.6 is 0 Å². The summed E-state index contributed by atoms with van der Waals surface area (Å²) < 4.78 is 38.1. The minimum Gasteiger partial charge on any atom is -0.508 e. The molecule has 0 atom stereocenters. The Morgan fingerprint density at radius 2 is 2.04 bits per heavy atom. The maximum Gasteiger partial charge on any atom is 0.435 e. The predicted octanol–water partition coefficient (Wildman–Crippen LogP) is 1.85. The molecule has 2 aromatic rings. The van der Waals surface area contributed by atoms with E-state index in [-0.39, 0.29) is 22.8 Å². The maximum atomic E-state index is 12.4. The van der Waals surface area contributed by atoms with Crippen LogP contribution in [0.5, 0.6) is 11.5 Å². The second-order valence-electron chi connectivity index (χ2n) is 4.83. The second kappa shape index (κ2) is 6.60. The number of amides is 1. The summed E-state index contributed by atoms with van der Waals surface area (Å²) >= 11 is 0. The van der Waals surface area contributed by atoms with Crippen LogP contribution in [0.4, 0.5) is 13.2 Å². The van der Waals surface area contributed by atoms with Gasteiger partial charge in [-0.2, -0.15) is 23.4 Å². The summed E-state index contributed by atoms with van der Waals surface area (Å²) in [7, 11) is 0. The van der Waals surface area contributed by atoms with E-state index >= 15 is 0 Å². The van der Waals surface area contributed by atoms with Crippen LogP contribution in [-0.2, 0) is 17.5 Å². The van der Waals surface area contributed by atoms with Gasteiger partial charge in [0.05, 0.1) is 5.71 Å². The van der Waals surface area contributed by atoms with E-state index in [1.54, 1.807) is 0 Å². The Balaban J connectivity index is 2.00. The van der Waals surface area contributed by atoms with Crippen molar-refractivity contribution in [3.05, 3.63) is 41.7 Å². The van der Waals surface area contributed by atoms with Crippen LogP contribution in [0.15, 0.2) is 35.6 Å². The first-order chi connectivity index (χ1) is 11.2. The summed E-state index contributed by atoms with van der Waals surface area (Å²) in [4.78, 5) is 11.7. The number of carbonyl (C=O) groups is 1. The van der Waals surface area contributed by atoms with E-state index in [4.69, 9.17) is 0 Å². The number of hydrogen-bond donors (Lipinski definition) is 3. The molecule has 128 valence electrons. The summed E-state index contributed by atoms with van der Waals surface area (Å²) in [5, 5.41) is 25.9. The van der Waals surface area contributed by atoms with Crippen molar-refractivity contribution in [1.29, 1.82) is 0 Å². The first kappa shape index (κ1) is 17.3. The third-order valence-corrected chi connectivity index (χ3v) is 2.96. The van der Waals surface area contributed by atoms with Crippen molar-refractivity contribution in [2.75, 3.05) is 0 Å². The van der Waals surface area contributed by atoms with Crippen molar-refractivity contribution >= 4 is 11.6 Å². The molecule has 7 nitrogen and oxygen atoms in total. The molecule has 3 N–H and O–H groups in total. The average molecular weight is 342 g/mol. The lowest BCUT2D eigenvalue weighted by molar-refractivity contribution is -0.141. The number of hydrazone groups is 1. The highest BCUT2D eigenvalue weighted by molar-refractivity contribution is 6.01. The fourth-order valence-electron chi connectivity index (χ4n) is 1.82. The van der Waals surface area contributed by atoms with Crippen LogP contribution in [-0.4, -0.2) is 31.6 Å². The zero-order chi connectivity index (χ0) is 17.9. The topological polar surface area (TPSA) is 99.7 Å². The molecular weight excluding hydrogens is 329 g/mol. The lowest BCUT2D eigenvalue weighted by Crippen LogP contribution is -2.24. The van der Waals surface area contributed by atoms with Crippen molar-refractivity contribution in [3.63, 3.8) is 0 Å². The van der Waals surface area contributed by atoms with Gasteiger partial charge in [-0.1, -0.05) is 0 Å². The van der Waals surface area contributed by atoms with Crippen molar-refractivity contribution < 1.29 is 28.2 Å². The van der Waals surface area contributed by atoms with E-state index < -0.39 is 24.3 Å². The van der Waals surface area contributed by atoms with E-state index in [1.165, 1.54) is 19.1 Å². The van der Waals surface area contributed by atoms with E-state index in [0.29, 0.717) is 0 Å². The Labute approximate surface area is 134 Å². The van der Waals surface area contributed by atoms with Gasteiger partial charge in [0.25, 0.3) is 5.91 Å². The number of rotatable bonds is 4. The minimum atomic E-state index is -4.58. The molecule has 0 aliphatic rings. The van der Waals surface area contributed by atoms with Crippen LogP contribution in [0.2, 0.25) is 0 Å². The van der Waals surface area contributed by atoms with Gasteiger partial charge >= 0.3 is 6.18 Å². The molecule has 0 saturated heterocycles. The molecule has 0 spiro atoms. The van der Waals surface area contributed by atoms with Gasteiger partial charge < -0.3 is 10.2 Å². The number of hydrogen-bond acceptors (Lipinski definition) is 5. The standard InChI is InChI=1S/C14H13F3N4O3/c1-8(10-3-2-9(22)6-11(10)23)18-19-13(24)7-21-5-4-12(20-21)14(15,16)17/h2-6,22-23H,7H2,1H3,(H,19,24)/b18-8+. The number of phenols is 2. The Morgan fingerprint density at radius 1 is 1.33 bits per heavy atom. The minimum absolute atomic E-state index is 0.132. The second-order valence-corrected chi connectivity index (χ2v) is 4.83. The lowest BCUT2D eigenvalue weighted by atomic mass is 10.1. The van der Waals surface area contributed by atoms with Crippen molar-refractivity contribution in [1.82, 2.24) is 15.2 Å². The number of aromatic nitrogens is 2. The predicted molar refractivity (Wildman–Crippen MR) is 77.4 cm³/mol. The SMILES string of the molecule is C/C(=N\NC(=O)Cn1ccc(C(F)(F)F)n1)c1ccc(O)cc1O. The molecule has 10 heteroatoms. The number of halogens is 3.